The molecule has 0 aromatic carbocycles. The highest BCUT2D eigenvalue weighted by molar-refractivity contribution is 6.31. The van der Waals surface area contributed by atoms with E-state index in [0.717, 1.165) is 54.9 Å². The Hall–Kier alpha value is -0.540. The number of hydrogen-bond acceptors (Lipinski definition) is 2. The molecule has 0 radical (unpaired) electrons. The molecule has 4 heteroatoms. The van der Waals surface area contributed by atoms with Crippen molar-refractivity contribution < 1.29 is 5.11 Å². The largest absolute Gasteiger partial charge is 0.393 e. The Morgan fingerprint density at radius 1 is 1.35 bits per heavy atom. The molecular weight excluding hydrogens is 236 g/mol. The van der Waals surface area contributed by atoms with Gasteiger partial charge in [0.2, 0.25) is 0 Å². The number of aryl methyl sites for hydroxylation is 2. The SMILES string of the molecule is CCCC(O)CCCc1c(Cl)c(CC)nn1C. The smallest absolute Gasteiger partial charge is 0.0849 e. The van der Waals surface area contributed by atoms with Gasteiger partial charge in [-0.25, -0.2) is 0 Å². The van der Waals surface area contributed by atoms with Crippen molar-refractivity contribution in [1.29, 1.82) is 0 Å². The first-order valence-corrected chi connectivity index (χ1v) is 6.86. The van der Waals surface area contributed by atoms with Gasteiger partial charge in [0.25, 0.3) is 0 Å². The minimum atomic E-state index is -0.169. The topological polar surface area (TPSA) is 38.1 Å². The van der Waals surface area contributed by atoms with Crippen molar-refractivity contribution in [3.05, 3.63) is 16.4 Å². The van der Waals surface area contributed by atoms with Crippen molar-refractivity contribution in [2.45, 2.75) is 58.5 Å². The highest BCUT2D eigenvalue weighted by Crippen LogP contribution is 2.22. The minimum Gasteiger partial charge on any atom is -0.393 e. The van der Waals surface area contributed by atoms with E-state index in [1.54, 1.807) is 0 Å². The second-order valence-corrected chi connectivity index (χ2v) is 4.90. The van der Waals surface area contributed by atoms with E-state index < -0.39 is 0 Å². The molecule has 0 saturated heterocycles. The molecule has 17 heavy (non-hydrogen) atoms. The van der Waals surface area contributed by atoms with E-state index in [9.17, 15) is 5.11 Å². The molecule has 0 bridgehead atoms. The molecule has 0 saturated carbocycles. The van der Waals surface area contributed by atoms with Crippen molar-refractivity contribution >= 4 is 11.6 Å². The highest BCUT2D eigenvalue weighted by atomic mass is 35.5. The zero-order valence-corrected chi connectivity index (χ0v) is 11.8. The summed E-state index contributed by atoms with van der Waals surface area (Å²) in [5.41, 5.74) is 2.06. The predicted octanol–water partition coefficient (Wildman–Crippen LogP) is 3.12. The van der Waals surface area contributed by atoms with E-state index in [1.807, 2.05) is 11.7 Å². The van der Waals surface area contributed by atoms with Crippen LogP contribution in [0, 0.1) is 0 Å². The summed E-state index contributed by atoms with van der Waals surface area (Å²) in [5.74, 6) is 0. The molecule has 1 aromatic heterocycles. The van der Waals surface area contributed by atoms with Crippen LogP contribution in [0.5, 0.6) is 0 Å². The molecule has 1 aromatic rings. The number of hydrogen-bond donors (Lipinski definition) is 1. The van der Waals surface area contributed by atoms with Crippen LogP contribution in [0.3, 0.4) is 0 Å². The van der Waals surface area contributed by atoms with Gasteiger partial charge in [0.1, 0.15) is 0 Å². The third-order valence-electron chi connectivity index (χ3n) is 3.08. The lowest BCUT2D eigenvalue weighted by molar-refractivity contribution is 0.151. The van der Waals surface area contributed by atoms with Gasteiger partial charge in [-0.05, 0) is 32.1 Å². The van der Waals surface area contributed by atoms with Crippen molar-refractivity contribution in [1.82, 2.24) is 9.78 Å². The summed E-state index contributed by atoms with van der Waals surface area (Å²) in [7, 11) is 1.93. The summed E-state index contributed by atoms with van der Waals surface area (Å²) >= 11 is 6.26. The van der Waals surface area contributed by atoms with E-state index in [2.05, 4.69) is 18.9 Å². The summed E-state index contributed by atoms with van der Waals surface area (Å²) in [6, 6.07) is 0. The lowest BCUT2D eigenvalue weighted by Gasteiger charge is -2.08. The molecule has 98 valence electrons. The Kier molecular flexibility index (Phi) is 6.00. The first kappa shape index (κ1) is 14.5. The highest BCUT2D eigenvalue weighted by Gasteiger charge is 2.13. The van der Waals surface area contributed by atoms with E-state index in [1.165, 1.54) is 0 Å². The number of aliphatic hydroxyl groups is 1. The quantitative estimate of drug-likeness (QED) is 0.816. The fourth-order valence-corrected chi connectivity index (χ4v) is 2.46. The third-order valence-corrected chi connectivity index (χ3v) is 3.51. The van der Waals surface area contributed by atoms with Crippen molar-refractivity contribution in [2.75, 3.05) is 0 Å². The third kappa shape index (κ3) is 4.00. The van der Waals surface area contributed by atoms with Crippen LogP contribution >= 0.6 is 11.6 Å². The van der Waals surface area contributed by atoms with Crippen LogP contribution in [0.2, 0.25) is 5.02 Å². The van der Waals surface area contributed by atoms with Gasteiger partial charge >= 0.3 is 0 Å². The van der Waals surface area contributed by atoms with Crippen molar-refractivity contribution in [3.63, 3.8) is 0 Å². The molecule has 0 spiro atoms. The van der Waals surface area contributed by atoms with Crippen LogP contribution < -0.4 is 0 Å². The number of aliphatic hydroxyl groups excluding tert-OH is 1. The lowest BCUT2D eigenvalue weighted by Crippen LogP contribution is -2.07. The van der Waals surface area contributed by atoms with Gasteiger partial charge in [-0.3, -0.25) is 4.68 Å². The molecule has 0 aliphatic rings. The molecule has 0 aliphatic heterocycles. The Labute approximate surface area is 109 Å². The fraction of sp³-hybridized carbons (Fsp3) is 0.769. The maximum atomic E-state index is 9.66. The standard InChI is InChI=1S/C13H23ClN2O/c1-4-7-10(17)8-6-9-12-13(14)11(5-2)15-16(12)3/h10,17H,4-9H2,1-3H3. The average molecular weight is 259 g/mol. The van der Waals surface area contributed by atoms with E-state index in [4.69, 9.17) is 11.6 Å². The maximum Gasteiger partial charge on any atom is 0.0849 e. The first-order chi connectivity index (χ1) is 8.10. The molecular formula is C13H23ClN2O. The normalized spacial score (nSPS) is 13.0. The van der Waals surface area contributed by atoms with Gasteiger partial charge in [0.15, 0.2) is 0 Å². The molecule has 1 heterocycles. The van der Waals surface area contributed by atoms with Crippen LogP contribution in [0.25, 0.3) is 0 Å². The van der Waals surface area contributed by atoms with Crippen LogP contribution in [-0.2, 0) is 19.9 Å². The zero-order valence-electron chi connectivity index (χ0n) is 11.0. The molecule has 1 unspecified atom stereocenters. The number of nitrogens with zero attached hydrogens (tertiary/aromatic N) is 2. The zero-order chi connectivity index (χ0) is 12.8. The first-order valence-electron chi connectivity index (χ1n) is 6.48. The van der Waals surface area contributed by atoms with E-state index in [0.29, 0.717) is 0 Å². The molecule has 0 amide bonds. The Balaban J connectivity index is 2.49. The van der Waals surface area contributed by atoms with Gasteiger partial charge in [-0.2, -0.15) is 5.10 Å². The lowest BCUT2D eigenvalue weighted by atomic mass is 10.1. The van der Waals surface area contributed by atoms with E-state index >= 15 is 0 Å². The second kappa shape index (κ2) is 7.02. The van der Waals surface area contributed by atoms with Crippen LogP contribution in [0.15, 0.2) is 0 Å². The molecule has 1 N–H and O–H groups in total. The summed E-state index contributed by atoms with van der Waals surface area (Å²) in [6.07, 6.45) is 5.32. The molecule has 0 aliphatic carbocycles. The number of rotatable bonds is 7. The maximum absolute atomic E-state index is 9.66. The van der Waals surface area contributed by atoms with Crippen molar-refractivity contribution in [3.8, 4) is 0 Å². The Bertz CT molecular complexity index is 349. The summed E-state index contributed by atoms with van der Waals surface area (Å²) in [5, 5.41) is 14.9. The fourth-order valence-electron chi connectivity index (χ4n) is 2.07. The number of aromatic nitrogens is 2. The summed E-state index contributed by atoms with van der Waals surface area (Å²) in [6.45, 7) is 4.15. The molecule has 1 atom stereocenters. The average Bonchev–Trinajstić information content (AvgIpc) is 2.56. The van der Waals surface area contributed by atoms with Crippen LogP contribution in [0.1, 0.15) is 50.9 Å². The van der Waals surface area contributed by atoms with Gasteiger partial charge in [0.05, 0.1) is 22.5 Å². The van der Waals surface area contributed by atoms with Crippen LogP contribution in [0.4, 0.5) is 0 Å². The Morgan fingerprint density at radius 2 is 2.06 bits per heavy atom. The monoisotopic (exact) mass is 258 g/mol. The van der Waals surface area contributed by atoms with Gasteiger partial charge < -0.3 is 5.11 Å². The summed E-state index contributed by atoms with van der Waals surface area (Å²) < 4.78 is 1.87. The predicted molar refractivity (Wildman–Crippen MR) is 71.4 cm³/mol. The summed E-state index contributed by atoms with van der Waals surface area (Å²) in [4.78, 5) is 0. The second-order valence-electron chi connectivity index (χ2n) is 4.52. The van der Waals surface area contributed by atoms with Crippen LogP contribution in [-0.4, -0.2) is 21.0 Å². The van der Waals surface area contributed by atoms with Gasteiger partial charge in [0, 0.05) is 7.05 Å². The molecule has 3 nitrogen and oxygen atoms in total. The number of halogens is 1. The van der Waals surface area contributed by atoms with Gasteiger partial charge in [-0.15, -0.1) is 0 Å². The van der Waals surface area contributed by atoms with E-state index in [-0.39, 0.29) is 6.10 Å². The molecule has 0 fully saturated rings. The van der Waals surface area contributed by atoms with Gasteiger partial charge in [-0.1, -0.05) is 31.9 Å². The molecule has 1 rings (SSSR count). The van der Waals surface area contributed by atoms with Crippen molar-refractivity contribution in [2.24, 2.45) is 7.05 Å². The minimum absolute atomic E-state index is 0.169. The Morgan fingerprint density at radius 3 is 2.59 bits per heavy atom.